The quantitative estimate of drug-likeness (QED) is 0.0606. The van der Waals surface area contributed by atoms with Crippen LogP contribution < -0.4 is 14.4 Å². The molecule has 4 aromatic rings. The number of methoxy groups -OCH3 is 1. The molecule has 11 nitrogen and oxygen atoms in total. The Bertz CT molecular complexity index is 2300. The molecule has 1 aliphatic carbocycles. The van der Waals surface area contributed by atoms with Crippen molar-refractivity contribution < 1.29 is 28.5 Å². The Balaban J connectivity index is 1.33. The molecule has 0 amide bonds. The summed E-state index contributed by atoms with van der Waals surface area (Å²) in [6, 6.07) is 6.80. The van der Waals surface area contributed by atoms with E-state index in [1.165, 1.54) is 6.07 Å². The van der Waals surface area contributed by atoms with E-state index in [1.54, 1.807) is 19.2 Å². The van der Waals surface area contributed by atoms with Crippen molar-refractivity contribution in [2.75, 3.05) is 51.6 Å². The molecule has 322 valence electrons. The van der Waals surface area contributed by atoms with Crippen LogP contribution in [0.1, 0.15) is 134 Å². The lowest BCUT2D eigenvalue weighted by Crippen LogP contribution is -2.46. The maximum atomic E-state index is 16.4. The number of anilines is 1. The molecule has 0 radical (unpaired) electrons. The summed E-state index contributed by atoms with van der Waals surface area (Å²) < 4.78 is 36.2. The van der Waals surface area contributed by atoms with Gasteiger partial charge in [0.15, 0.2) is 24.1 Å². The first-order chi connectivity index (χ1) is 28.7. The second-order valence-corrected chi connectivity index (χ2v) is 24.7. The zero-order valence-corrected chi connectivity index (χ0v) is 37.9. The topological polar surface area (TPSA) is 115 Å². The fraction of sp³-hybridized carbons (Fsp3) is 0.617. The summed E-state index contributed by atoms with van der Waals surface area (Å²) in [4.78, 5) is 35.3. The van der Waals surface area contributed by atoms with Crippen LogP contribution >= 0.6 is 0 Å². The van der Waals surface area contributed by atoms with Crippen molar-refractivity contribution in [1.29, 1.82) is 0 Å². The zero-order chi connectivity index (χ0) is 42.6. The molecule has 4 aliphatic rings. The molecule has 2 aromatic carbocycles. The van der Waals surface area contributed by atoms with Crippen LogP contribution in [0.15, 0.2) is 24.3 Å². The van der Waals surface area contributed by atoms with Gasteiger partial charge < -0.3 is 28.8 Å². The van der Waals surface area contributed by atoms with Gasteiger partial charge in [0, 0.05) is 37.2 Å². The normalized spacial score (nSPS) is 20.9. The van der Waals surface area contributed by atoms with Gasteiger partial charge in [0.1, 0.15) is 31.8 Å². The van der Waals surface area contributed by atoms with Gasteiger partial charge in [-0.25, -0.2) is 9.37 Å². The van der Waals surface area contributed by atoms with Gasteiger partial charge in [-0.05, 0) is 118 Å². The Kier molecular flexibility index (Phi) is 11.8. The van der Waals surface area contributed by atoms with Gasteiger partial charge in [0.05, 0.1) is 16.7 Å². The molecule has 13 heteroatoms. The third-order valence-electron chi connectivity index (χ3n) is 14.3. The lowest BCUT2D eigenvalue weighted by molar-refractivity contribution is 0.0446. The van der Waals surface area contributed by atoms with E-state index in [2.05, 4.69) is 62.8 Å². The molecule has 3 saturated heterocycles. The van der Waals surface area contributed by atoms with E-state index < -0.39 is 19.5 Å². The lowest BCUT2D eigenvalue weighted by atomic mass is 9.91. The number of β-amino-alcohol motifs (C(OH)–C–C–N with tert-alkyl or cyclic N) is 1. The van der Waals surface area contributed by atoms with Crippen molar-refractivity contribution in [2.45, 2.75) is 140 Å². The first kappa shape index (κ1) is 42.6. The molecule has 3 aliphatic heterocycles. The van der Waals surface area contributed by atoms with E-state index in [0.29, 0.717) is 76.2 Å². The second-order valence-electron chi connectivity index (χ2n) is 19.1. The monoisotopic (exact) mass is 838 g/mol. The van der Waals surface area contributed by atoms with Crippen molar-refractivity contribution in [3.63, 3.8) is 0 Å². The van der Waals surface area contributed by atoms with Crippen LogP contribution in [0, 0.1) is 17.3 Å². The Hall–Kier alpha value is -4.09. The van der Waals surface area contributed by atoms with Gasteiger partial charge >= 0.3 is 6.01 Å². The summed E-state index contributed by atoms with van der Waals surface area (Å²) in [6.07, 6.45) is 8.63. The molecular weight excluding hydrogens is 776 g/mol. The Morgan fingerprint density at radius 2 is 1.65 bits per heavy atom. The van der Waals surface area contributed by atoms with Crippen LogP contribution in [0.5, 0.6) is 11.8 Å². The zero-order valence-electron chi connectivity index (χ0n) is 36.9. The molecule has 5 heterocycles. The number of aromatic nitrogens is 4. The van der Waals surface area contributed by atoms with E-state index in [9.17, 15) is 5.11 Å². The van der Waals surface area contributed by atoms with Crippen molar-refractivity contribution >= 4 is 41.6 Å². The minimum atomic E-state index is -2.29. The van der Waals surface area contributed by atoms with E-state index in [1.807, 2.05) is 17.6 Å². The van der Waals surface area contributed by atoms with Gasteiger partial charge in [-0.3, -0.25) is 9.69 Å². The van der Waals surface area contributed by atoms with Crippen LogP contribution in [0.2, 0.25) is 16.6 Å². The first-order valence-electron chi connectivity index (χ1n) is 22.3. The molecule has 1 saturated carbocycles. The van der Waals surface area contributed by atoms with Gasteiger partial charge in [-0.15, -0.1) is 5.54 Å². The van der Waals surface area contributed by atoms with Crippen LogP contribution in [0.3, 0.4) is 0 Å². The minimum Gasteiger partial charge on any atom is -0.468 e. The molecule has 0 spiro atoms. The molecule has 1 N–H and O–H groups in total. The van der Waals surface area contributed by atoms with E-state index in [4.69, 9.17) is 29.2 Å². The number of imidazole rings is 1. The highest BCUT2D eigenvalue weighted by Crippen LogP contribution is 2.44. The third kappa shape index (κ3) is 7.60. The third-order valence-corrected chi connectivity index (χ3v) is 20.6. The van der Waals surface area contributed by atoms with Crippen molar-refractivity contribution in [3.05, 3.63) is 47.0 Å². The Morgan fingerprint density at radius 1 is 0.950 bits per heavy atom. The summed E-state index contributed by atoms with van der Waals surface area (Å²) in [7, 11) is -0.743. The van der Waals surface area contributed by atoms with Crippen molar-refractivity contribution in [1.82, 2.24) is 24.4 Å². The average molecular weight is 839 g/mol. The van der Waals surface area contributed by atoms with Crippen LogP contribution in [0.4, 0.5) is 10.2 Å². The number of halogens is 1. The minimum absolute atomic E-state index is 0.0197. The molecule has 60 heavy (non-hydrogen) atoms. The number of carbonyl (C=O) groups excluding carboxylic acids is 1. The number of nitrogens with zero attached hydrogens (tertiary/aromatic N) is 6. The summed E-state index contributed by atoms with van der Waals surface area (Å²) in [5, 5.41) is 12.4. The number of carbonyl (C=O) groups is 1. The van der Waals surface area contributed by atoms with Gasteiger partial charge in [-0.2, -0.15) is 9.97 Å². The van der Waals surface area contributed by atoms with E-state index >= 15 is 9.18 Å². The second kappa shape index (κ2) is 16.6. The number of hydrogen-bond donors (Lipinski definition) is 1. The molecule has 2 aromatic heterocycles. The van der Waals surface area contributed by atoms with Crippen LogP contribution in [0.25, 0.3) is 21.9 Å². The Morgan fingerprint density at radius 3 is 2.28 bits per heavy atom. The van der Waals surface area contributed by atoms with Gasteiger partial charge in [0.2, 0.25) is 5.78 Å². The molecule has 0 bridgehead atoms. The molecule has 4 fully saturated rings. The predicted molar refractivity (Wildman–Crippen MR) is 236 cm³/mol. The fourth-order valence-electron chi connectivity index (χ4n) is 11.1. The fourth-order valence-corrected chi connectivity index (χ4v) is 16.3. The summed E-state index contributed by atoms with van der Waals surface area (Å²) in [6.45, 7) is 18.9. The van der Waals surface area contributed by atoms with Gasteiger partial charge in [-0.1, -0.05) is 53.5 Å². The average Bonchev–Trinajstić information content (AvgIpc) is 3.88. The number of aliphatic hydroxyl groups is 1. The largest absolute Gasteiger partial charge is 0.468 e. The standard InChI is InChI=1S/C47H63FN6O5Si/c1-30(2)60(31(3)4,32(5)6)24-17-36-38(48)16-15-33-25-35(59-29-57-8)26-37(39(33)36)41(55)44-49-42-40(54(44)34-13-9-14-34)43(52-21-10-18-46(7,56)27-52)51-45(50-42)58-28-47-19-11-22-53(47)23-12-20-47/h15-16,25-26,30-32,34,56H,9-14,18-23,27-29H2,1-8H3/t46-/m1/s1. The van der Waals surface area contributed by atoms with E-state index in [0.717, 1.165) is 64.5 Å². The maximum absolute atomic E-state index is 16.4. The van der Waals surface area contributed by atoms with Gasteiger partial charge in [0.25, 0.3) is 0 Å². The molecule has 8 rings (SSSR count). The number of ketones is 1. The molecule has 0 unspecified atom stereocenters. The highest BCUT2D eigenvalue weighted by Gasteiger charge is 2.46. The SMILES string of the molecule is COCOc1cc(C(=O)c2nc3nc(OCC45CCCN4CCC5)nc(N4CCC[C@@](C)(O)C4)c3n2C2CCC2)c2c(C#C[Si](C(C)C)(C(C)C)C(C)C)c(F)ccc2c1. The summed E-state index contributed by atoms with van der Waals surface area (Å²) in [5.41, 5.74) is 5.25. The summed E-state index contributed by atoms with van der Waals surface area (Å²) in [5.74, 6) is 3.74. The number of hydrogen-bond acceptors (Lipinski definition) is 10. The van der Waals surface area contributed by atoms with Crippen molar-refractivity contribution in [3.8, 4) is 23.2 Å². The number of benzene rings is 2. The molecular formula is C47H63FN6O5Si. The predicted octanol–water partition coefficient (Wildman–Crippen LogP) is 8.99. The van der Waals surface area contributed by atoms with Crippen molar-refractivity contribution in [2.24, 2.45) is 0 Å². The Labute approximate surface area is 355 Å². The number of rotatable bonds is 13. The van der Waals surface area contributed by atoms with E-state index in [-0.39, 0.29) is 47.1 Å². The first-order valence-corrected chi connectivity index (χ1v) is 24.5. The summed E-state index contributed by atoms with van der Waals surface area (Å²) >= 11 is 0. The number of ether oxygens (including phenoxy) is 3. The highest BCUT2D eigenvalue weighted by molar-refractivity contribution is 6.90. The number of fused-ring (bicyclic) bond motifs is 3. The molecule has 1 atom stereocenters. The smallest absolute Gasteiger partial charge is 0.320 e. The lowest BCUT2D eigenvalue weighted by Gasteiger charge is -2.38. The maximum Gasteiger partial charge on any atom is 0.320 e. The highest BCUT2D eigenvalue weighted by atomic mass is 28.3. The van der Waals surface area contributed by atoms with Crippen LogP contribution in [-0.4, -0.2) is 101 Å². The van der Waals surface area contributed by atoms with Crippen LogP contribution in [-0.2, 0) is 4.74 Å². The number of piperidine rings is 1.